The molecule has 5 heteroatoms. The predicted octanol–water partition coefficient (Wildman–Crippen LogP) is 2.15. The lowest BCUT2D eigenvalue weighted by Crippen LogP contribution is -2.31. The van der Waals surface area contributed by atoms with Crippen LogP contribution in [0.3, 0.4) is 0 Å². The fourth-order valence-electron chi connectivity index (χ4n) is 3.19. The van der Waals surface area contributed by atoms with Crippen LogP contribution in [0.15, 0.2) is 29.1 Å². The van der Waals surface area contributed by atoms with Crippen molar-refractivity contribution in [2.75, 3.05) is 13.7 Å². The average Bonchev–Trinajstić information content (AvgIpc) is 3.01. The number of ether oxygens (including phenoxy) is 1. The van der Waals surface area contributed by atoms with E-state index in [2.05, 4.69) is 10.3 Å². The van der Waals surface area contributed by atoms with Crippen LogP contribution in [0.1, 0.15) is 39.2 Å². The zero-order chi connectivity index (χ0) is 17.1. The normalized spacial score (nSPS) is 12.8. The Morgan fingerprint density at radius 2 is 2.12 bits per heavy atom. The van der Waals surface area contributed by atoms with Crippen LogP contribution in [-0.4, -0.2) is 24.5 Å². The van der Waals surface area contributed by atoms with Crippen molar-refractivity contribution in [3.8, 4) is 5.75 Å². The first kappa shape index (κ1) is 16.3. The second kappa shape index (κ2) is 6.91. The number of hydrogen-bond acceptors (Lipinski definition) is 3. The molecule has 0 saturated heterocycles. The van der Waals surface area contributed by atoms with Gasteiger partial charge in [0.25, 0.3) is 11.5 Å². The van der Waals surface area contributed by atoms with Crippen molar-refractivity contribution < 1.29 is 9.53 Å². The minimum absolute atomic E-state index is 0.210. The lowest BCUT2D eigenvalue weighted by Gasteiger charge is -2.09. The molecule has 0 saturated carbocycles. The van der Waals surface area contributed by atoms with E-state index in [9.17, 15) is 9.59 Å². The molecule has 0 radical (unpaired) electrons. The quantitative estimate of drug-likeness (QED) is 0.884. The van der Waals surface area contributed by atoms with Gasteiger partial charge in [0.05, 0.1) is 7.11 Å². The Bertz CT molecular complexity index is 824. The largest absolute Gasteiger partial charge is 0.496 e. The molecular weight excluding hydrogens is 304 g/mol. The van der Waals surface area contributed by atoms with Crippen LogP contribution in [0.5, 0.6) is 5.75 Å². The Balaban J connectivity index is 1.62. The van der Waals surface area contributed by atoms with Crippen molar-refractivity contribution in [1.82, 2.24) is 10.3 Å². The van der Waals surface area contributed by atoms with Gasteiger partial charge in [-0.2, -0.15) is 0 Å². The van der Waals surface area contributed by atoms with Gasteiger partial charge in [-0.05, 0) is 61.4 Å². The van der Waals surface area contributed by atoms with Crippen molar-refractivity contribution in [3.05, 3.63) is 62.6 Å². The van der Waals surface area contributed by atoms with Crippen LogP contribution in [0.4, 0.5) is 0 Å². The first-order valence-electron chi connectivity index (χ1n) is 8.25. The van der Waals surface area contributed by atoms with Gasteiger partial charge in [-0.25, -0.2) is 0 Å². The number of carbonyl (C=O) groups is 1. The van der Waals surface area contributed by atoms with Crippen LogP contribution in [-0.2, 0) is 19.3 Å². The number of aromatic nitrogens is 1. The number of fused-ring (bicyclic) bond motifs is 1. The maximum absolute atomic E-state index is 12.3. The van der Waals surface area contributed by atoms with Gasteiger partial charge in [0.1, 0.15) is 11.3 Å². The zero-order valence-electron chi connectivity index (χ0n) is 14.1. The number of amides is 1. The fraction of sp³-hybridized carbons (Fsp3) is 0.368. The van der Waals surface area contributed by atoms with E-state index in [0.717, 1.165) is 47.4 Å². The minimum Gasteiger partial charge on any atom is -0.496 e. The van der Waals surface area contributed by atoms with Gasteiger partial charge in [0, 0.05) is 12.2 Å². The fourth-order valence-corrected chi connectivity index (χ4v) is 3.19. The molecule has 2 N–H and O–H groups in total. The van der Waals surface area contributed by atoms with Gasteiger partial charge in [0.15, 0.2) is 0 Å². The summed E-state index contributed by atoms with van der Waals surface area (Å²) in [6, 6.07) is 7.71. The maximum Gasteiger partial charge on any atom is 0.261 e. The standard InChI is InChI=1S/C19H22N2O3/c1-12-10-13(6-7-17(12)24-2)8-9-20-18(22)15-11-14-4-3-5-16(14)21-19(15)23/h6-7,10-11H,3-5,8-9H2,1-2H3,(H,20,22)(H,21,23). The van der Waals surface area contributed by atoms with Crippen molar-refractivity contribution in [1.29, 1.82) is 0 Å². The highest BCUT2D eigenvalue weighted by atomic mass is 16.5. The summed E-state index contributed by atoms with van der Waals surface area (Å²) < 4.78 is 5.24. The van der Waals surface area contributed by atoms with Gasteiger partial charge >= 0.3 is 0 Å². The first-order valence-corrected chi connectivity index (χ1v) is 8.25. The van der Waals surface area contributed by atoms with E-state index >= 15 is 0 Å². The zero-order valence-corrected chi connectivity index (χ0v) is 14.1. The molecule has 24 heavy (non-hydrogen) atoms. The summed E-state index contributed by atoms with van der Waals surface area (Å²) in [5.41, 5.74) is 4.17. The van der Waals surface area contributed by atoms with E-state index in [4.69, 9.17) is 4.74 Å². The summed E-state index contributed by atoms with van der Waals surface area (Å²) in [5.74, 6) is 0.545. The van der Waals surface area contributed by atoms with E-state index in [-0.39, 0.29) is 17.0 Å². The number of carbonyl (C=O) groups excluding carboxylic acids is 1. The third-order valence-electron chi connectivity index (χ3n) is 4.49. The van der Waals surface area contributed by atoms with Gasteiger partial charge < -0.3 is 15.0 Å². The predicted molar refractivity (Wildman–Crippen MR) is 92.9 cm³/mol. The monoisotopic (exact) mass is 326 g/mol. The summed E-state index contributed by atoms with van der Waals surface area (Å²) in [6.07, 6.45) is 3.56. The second-order valence-electron chi connectivity index (χ2n) is 6.18. The number of aryl methyl sites for hydroxylation is 3. The highest BCUT2D eigenvalue weighted by Crippen LogP contribution is 2.19. The molecule has 5 nitrogen and oxygen atoms in total. The van der Waals surface area contributed by atoms with Crippen LogP contribution in [0.2, 0.25) is 0 Å². The summed E-state index contributed by atoms with van der Waals surface area (Å²) in [5, 5.41) is 2.84. The Morgan fingerprint density at radius 3 is 2.88 bits per heavy atom. The highest BCUT2D eigenvalue weighted by Gasteiger charge is 2.17. The Kier molecular flexibility index (Phi) is 4.69. The molecular formula is C19H22N2O3. The second-order valence-corrected chi connectivity index (χ2v) is 6.18. The third-order valence-corrected chi connectivity index (χ3v) is 4.49. The number of aromatic amines is 1. The van der Waals surface area contributed by atoms with Crippen molar-refractivity contribution in [2.45, 2.75) is 32.6 Å². The summed E-state index contributed by atoms with van der Waals surface area (Å²) in [7, 11) is 1.65. The van der Waals surface area contributed by atoms with Gasteiger partial charge in [0.2, 0.25) is 0 Å². The summed E-state index contributed by atoms with van der Waals surface area (Å²) in [4.78, 5) is 27.1. The van der Waals surface area contributed by atoms with E-state index in [1.54, 1.807) is 13.2 Å². The molecule has 1 amide bonds. The van der Waals surface area contributed by atoms with Crippen LogP contribution in [0.25, 0.3) is 0 Å². The molecule has 0 spiro atoms. The van der Waals surface area contributed by atoms with Gasteiger partial charge in [-0.15, -0.1) is 0 Å². The topological polar surface area (TPSA) is 71.2 Å². The van der Waals surface area contributed by atoms with Crippen molar-refractivity contribution in [3.63, 3.8) is 0 Å². The van der Waals surface area contributed by atoms with E-state index in [1.807, 2.05) is 25.1 Å². The summed E-state index contributed by atoms with van der Waals surface area (Å²) in [6.45, 7) is 2.48. The smallest absolute Gasteiger partial charge is 0.261 e. The van der Waals surface area contributed by atoms with Crippen LogP contribution in [0, 0.1) is 6.92 Å². The number of nitrogens with one attached hydrogen (secondary N) is 2. The number of H-pyrrole nitrogens is 1. The molecule has 1 aromatic carbocycles. The molecule has 0 aliphatic heterocycles. The van der Waals surface area contributed by atoms with Crippen LogP contribution < -0.4 is 15.6 Å². The van der Waals surface area contributed by atoms with E-state index in [0.29, 0.717) is 13.0 Å². The number of methoxy groups -OCH3 is 1. The minimum atomic E-state index is -0.309. The van der Waals surface area contributed by atoms with Crippen molar-refractivity contribution >= 4 is 5.91 Å². The molecule has 2 aromatic rings. The number of pyridine rings is 1. The van der Waals surface area contributed by atoms with E-state index in [1.165, 1.54) is 0 Å². The molecule has 126 valence electrons. The lowest BCUT2D eigenvalue weighted by atomic mass is 10.1. The van der Waals surface area contributed by atoms with Gasteiger partial charge in [-0.1, -0.05) is 12.1 Å². The molecule has 1 aliphatic carbocycles. The van der Waals surface area contributed by atoms with Crippen LogP contribution >= 0.6 is 0 Å². The molecule has 1 aliphatic rings. The number of hydrogen-bond donors (Lipinski definition) is 2. The number of rotatable bonds is 5. The highest BCUT2D eigenvalue weighted by molar-refractivity contribution is 5.94. The molecule has 0 fully saturated rings. The Morgan fingerprint density at radius 1 is 1.29 bits per heavy atom. The summed E-state index contributed by atoms with van der Waals surface area (Å²) >= 11 is 0. The lowest BCUT2D eigenvalue weighted by molar-refractivity contribution is 0.0952. The van der Waals surface area contributed by atoms with E-state index < -0.39 is 0 Å². The molecule has 1 heterocycles. The third kappa shape index (κ3) is 3.35. The molecule has 1 aromatic heterocycles. The SMILES string of the molecule is COc1ccc(CCNC(=O)c2cc3c([nH]c2=O)CCC3)cc1C. The first-order chi connectivity index (χ1) is 11.6. The molecule has 0 atom stereocenters. The van der Waals surface area contributed by atoms with Gasteiger partial charge in [-0.3, -0.25) is 9.59 Å². The Hall–Kier alpha value is -2.56. The maximum atomic E-state index is 12.3. The molecule has 3 rings (SSSR count). The average molecular weight is 326 g/mol. The van der Waals surface area contributed by atoms with Crippen molar-refractivity contribution in [2.24, 2.45) is 0 Å². The number of benzene rings is 1. The molecule has 0 unspecified atom stereocenters. The molecule has 0 bridgehead atoms. The Labute approximate surface area is 141 Å².